The van der Waals surface area contributed by atoms with Gasteiger partial charge in [-0.3, -0.25) is 9.69 Å². The Kier molecular flexibility index (Phi) is 5.94. The predicted molar refractivity (Wildman–Crippen MR) is 105 cm³/mol. The van der Waals surface area contributed by atoms with Gasteiger partial charge in [0.25, 0.3) is 0 Å². The molecule has 138 valence electrons. The number of carbonyl (C=O) groups excluding carboxylic acids is 1. The van der Waals surface area contributed by atoms with Crippen LogP contribution in [-0.4, -0.2) is 30.3 Å². The van der Waals surface area contributed by atoms with Crippen LogP contribution in [0.3, 0.4) is 0 Å². The molecule has 26 heavy (non-hydrogen) atoms. The summed E-state index contributed by atoms with van der Waals surface area (Å²) in [6.45, 7) is 3.69. The monoisotopic (exact) mass is 374 g/mol. The standard InChI is InChI=1S/C21H23FN2O.ClH/c22-19-8-6-16(7-9-19)21(25)18-5-2-12-24(14-18)13-17-4-1-3-15-10-11-23-20(15)17;/h1,3-4,6-9,18,23H,2,5,10-14H2;1H. The maximum Gasteiger partial charge on any atom is 0.167 e. The number of benzene rings is 2. The Balaban J connectivity index is 0.00000196. The molecule has 0 bridgehead atoms. The summed E-state index contributed by atoms with van der Waals surface area (Å²) in [5, 5.41) is 3.49. The van der Waals surface area contributed by atoms with E-state index in [2.05, 4.69) is 28.4 Å². The second-order valence-electron chi connectivity index (χ2n) is 7.07. The van der Waals surface area contributed by atoms with Crippen LogP contribution in [0.2, 0.25) is 0 Å². The number of para-hydroxylation sites is 1. The second-order valence-corrected chi connectivity index (χ2v) is 7.07. The van der Waals surface area contributed by atoms with Crippen LogP contribution in [0.5, 0.6) is 0 Å². The summed E-state index contributed by atoms with van der Waals surface area (Å²) in [7, 11) is 0. The van der Waals surface area contributed by atoms with E-state index in [9.17, 15) is 9.18 Å². The van der Waals surface area contributed by atoms with Gasteiger partial charge in [0.05, 0.1) is 0 Å². The van der Waals surface area contributed by atoms with Crippen LogP contribution in [-0.2, 0) is 13.0 Å². The topological polar surface area (TPSA) is 32.3 Å². The summed E-state index contributed by atoms with van der Waals surface area (Å²) in [6, 6.07) is 12.4. The average molecular weight is 375 g/mol. The Bertz CT molecular complexity index is 778. The van der Waals surface area contributed by atoms with Crippen LogP contribution in [0.15, 0.2) is 42.5 Å². The highest BCUT2D eigenvalue weighted by Gasteiger charge is 2.27. The number of fused-ring (bicyclic) bond motifs is 1. The van der Waals surface area contributed by atoms with E-state index in [4.69, 9.17) is 0 Å². The van der Waals surface area contributed by atoms with Crippen molar-refractivity contribution in [2.75, 3.05) is 25.0 Å². The first kappa shape index (κ1) is 18.9. The molecular formula is C21H24ClFN2O. The number of hydrogen-bond acceptors (Lipinski definition) is 3. The van der Waals surface area contributed by atoms with Crippen LogP contribution < -0.4 is 5.32 Å². The maximum absolute atomic E-state index is 13.1. The molecule has 3 nitrogen and oxygen atoms in total. The molecule has 2 aliphatic rings. The zero-order valence-corrected chi connectivity index (χ0v) is 15.5. The molecule has 2 heterocycles. The van der Waals surface area contributed by atoms with Crippen LogP contribution >= 0.6 is 12.4 Å². The maximum atomic E-state index is 13.1. The second kappa shape index (κ2) is 8.19. The molecule has 0 aliphatic carbocycles. The number of piperidine rings is 1. The Morgan fingerprint density at radius 1 is 1.19 bits per heavy atom. The molecule has 4 rings (SSSR count). The molecule has 2 aliphatic heterocycles. The highest BCUT2D eigenvalue weighted by molar-refractivity contribution is 5.98. The van der Waals surface area contributed by atoms with E-state index >= 15 is 0 Å². The molecular weight excluding hydrogens is 351 g/mol. The Labute approximate surface area is 160 Å². The van der Waals surface area contributed by atoms with Gasteiger partial charge in [0, 0.05) is 36.8 Å². The first-order chi connectivity index (χ1) is 12.2. The highest BCUT2D eigenvalue weighted by atomic mass is 35.5. The van der Waals surface area contributed by atoms with Gasteiger partial charge in [-0.2, -0.15) is 0 Å². The van der Waals surface area contributed by atoms with Crippen molar-refractivity contribution in [3.63, 3.8) is 0 Å². The van der Waals surface area contributed by atoms with Crippen LogP contribution in [0, 0.1) is 11.7 Å². The minimum Gasteiger partial charge on any atom is -0.384 e. The summed E-state index contributed by atoms with van der Waals surface area (Å²) in [5.41, 5.74) is 4.63. The molecule has 1 unspecified atom stereocenters. The Morgan fingerprint density at radius 2 is 2.00 bits per heavy atom. The van der Waals surface area contributed by atoms with Gasteiger partial charge in [-0.25, -0.2) is 4.39 Å². The number of hydrogen-bond donors (Lipinski definition) is 1. The number of anilines is 1. The Morgan fingerprint density at radius 3 is 2.81 bits per heavy atom. The van der Waals surface area contributed by atoms with E-state index in [0.29, 0.717) is 5.56 Å². The molecule has 0 aromatic heterocycles. The van der Waals surface area contributed by atoms with Gasteiger partial charge in [0.2, 0.25) is 0 Å². The normalized spacial score (nSPS) is 19.3. The first-order valence-electron chi connectivity index (χ1n) is 9.07. The minimum atomic E-state index is -0.299. The molecule has 0 radical (unpaired) electrons. The molecule has 0 spiro atoms. The number of nitrogens with one attached hydrogen (secondary N) is 1. The molecule has 1 N–H and O–H groups in total. The molecule has 1 saturated heterocycles. The van der Waals surface area contributed by atoms with Gasteiger partial charge in [0.15, 0.2) is 5.78 Å². The molecule has 1 fully saturated rings. The summed E-state index contributed by atoms with van der Waals surface area (Å²) in [6.07, 6.45) is 3.03. The van der Waals surface area contributed by atoms with Crippen LogP contribution in [0.4, 0.5) is 10.1 Å². The van der Waals surface area contributed by atoms with Crippen molar-refractivity contribution in [3.8, 4) is 0 Å². The Hall–Kier alpha value is -1.91. The molecule has 0 saturated carbocycles. The predicted octanol–water partition coefficient (Wildman–Crippen LogP) is 4.31. The van der Waals surface area contributed by atoms with Crippen molar-refractivity contribution >= 4 is 23.9 Å². The highest BCUT2D eigenvalue weighted by Crippen LogP contribution is 2.29. The van der Waals surface area contributed by atoms with E-state index in [0.717, 1.165) is 45.4 Å². The number of likely N-dealkylation sites (tertiary alicyclic amines) is 1. The largest absolute Gasteiger partial charge is 0.384 e. The number of Topliss-reactive ketones (excluding diaryl/α,β-unsaturated/α-hetero) is 1. The summed E-state index contributed by atoms with van der Waals surface area (Å²) >= 11 is 0. The fraction of sp³-hybridized carbons (Fsp3) is 0.381. The van der Waals surface area contributed by atoms with Crippen LogP contribution in [0.1, 0.15) is 34.3 Å². The van der Waals surface area contributed by atoms with Crippen molar-refractivity contribution in [2.24, 2.45) is 5.92 Å². The summed E-state index contributed by atoms with van der Waals surface area (Å²) in [5.74, 6) is -0.155. The third-order valence-corrected chi connectivity index (χ3v) is 5.33. The molecule has 2 aromatic carbocycles. The van der Waals surface area contributed by atoms with Gasteiger partial charge in [0.1, 0.15) is 5.82 Å². The van der Waals surface area contributed by atoms with E-state index in [1.54, 1.807) is 12.1 Å². The lowest BCUT2D eigenvalue weighted by Gasteiger charge is -2.32. The van der Waals surface area contributed by atoms with Crippen molar-refractivity contribution in [2.45, 2.75) is 25.8 Å². The van der Waals surface area contributed by atoms with Crippen molar-refractivity contribution in [1.82, 2.24) is 4.90 Å². The number of ketones is 1. The third kappa shape index (κ3) is 3.92. The fourth-order valence-electron chi connectivity index (χ4n) is 4.05. The lowest BCUT2D eigenvalue weighted by atomic mass is 9.89. The van der Waals surface area contributed by atoms with E-state index in [-0.39, 0.29) is 29.9 Å². The van der Waals surface area contributed by atoms with Gasteiger partial charge < -0.3 is 5.32 Å². The van der Waals surface area contributed by atoms with Gasteiger partial charge in [-0.05, 0) is 61.2 Å². The van der Waals surface area contributed by atoms with Gasteiger partial charge in [-0.1, -0.05) is 18.2 Å². The quantitative estimate of drug-likeness (QED) is 0.809. The zero-order valence-electron chi connectivity index (χ0n) is 14.7. The molecule has 1 atom stereocenters. The summed E-state index contributed by atoms with van der Waals surface area (Å²) < 4.78 is 13.1. The van der Waals surface area contributed by atoms with Crippen LogP contribution in [0.25, 0.3) is 0 Å². The fourth-order valence-corrected chi connectivity index (χ4v) is 4.05. The SMILES string of the molecule is Cl.O=C(c1ccc(F)cc1)C1CCCN(Cc2cccc3c2NCC3)C1. The summed E-state index contributed by atoms with van der Waals surface area (Å²) in [4.78, 5) is 15.1. The van der Waals surface area contributed by atoms with Gasteiger partial charge in [-0.15, -0.1) is 12.4 Å². The first-order valence-corrected chi connectivity index (χ1v) is 9.07. The van der Waals surface area contributed by atoms with E-state index in [1.807, 2.05) is 0 Å². The van der Waals surface area contributed by atoms with Crippen molar-refractivity contribution in [3.05, 3.63) is 65.0 Å². The van der Waals surface area contributed by atoms with Crippen molar-refractivity contribution < 1.29 is 9.18 Å². The third-order valence-electron chi connectivity index (χ3n) is 5.33. The number of nitrogens with zero attached hydrogens (tertiary/aromatic N) is 1. The minimum absolute atomic E-state index is 0. The molecule has 5 heteroatoms. The number of carbonyl (C=O) groups is 1. The zero-order chi connectivity index (χ0) is 17.2. The lowest BCUT2D eigenvalue weighted by molar-refractivity contribution is 0.0812. The number of halogens is 2. The average Bonchev–Trinajstić information content (AvgIpc) is 3.12. The van der Waals surface area contributed by atoms with E-state index in [1.165, 1.54) is 28.9 Å². The smallest absolute Gasteiger partial charge is 0.167 e. The number of rotatable bonds is 4. The van der Waals surface area contributed by atoms with E-state index < -0.39 is 0 Å². The lowest BCUT2D eigenvalue weighted by Crippen LogP contribution is -2.38. The molecule has 0 amide bonds. The van der Waals surface area contributed by atoms with Crippen molar-refractivity contribution in [1.29, 1.82) is 0 Å². The van der Waals surface area contributed by atoms with Gasteiger partial charge >= 0.3 is 0 Å². The molecule has 2 aromatic rings.